The largest absolute Gasteiger partial charge is 0.497 e. The molecule has 0 fully saturated rings. The van der Waals surface area contributed by atoms with Gasteiger partial charge in [0.1, 0.15) is 5.75 Å². The minimum absolute atomic E-state index is 0.812. The first kappa shape index (κ1) is 16.0. The van der Waals surface area contributed by atoms with E-state index in [0.29, 0.717) is 0 Å². The Kier molecular flexibility index (Phi) is 7.57. The molecule has 1 atom stereocenters. The van der Waals surface area contributed by atoms with Crippen LogP contribution in [-0.2, 0) is 6.42 Å². The van der Waals surface area contributed by atoms with E-state index in [1.54, 1.807) is 7.11 Å². The summed E-state index contributed by atoms with van der Waals surface area (Å²) in [6.45, 7) is 3.55. The lowest BCUT2D eigenvalue weighted by Gasteiger charge is -2.16. The van der Waals surface area contributed by atoms with Gasteiger partial charge in [-0.05, 0) is 57.0 Å². The van der Waals surface area contributed by atoms with E-state index in [1.807, 2.05) is 6.07 Å². The molecule has 108 valence electrons. The molecular weight excluding hydrogens is 234 g/mol. The normalized spacial score (nSPS) is 12.7. The maximum absolute atomic E-state index is 5.25. The number of rotatable bonds is 9. The Labute approximate surface area is 118 Å². The summed E-state index contributed by atoms with van der Waals surface area (Å²) in [6, 6.07) is 8.42. The quantitative estimate of drug-likeness (QED) is 0.624. The van der Waals surface area contributed by atoms with Crippen LogP contribution in [0, 0.1) is 5.92 Å². The van der Waals surface area contributed by atoms with Crippen LogP contribution in [0.4, 0.5) is 0 Å². The SMILES string of the molecule is COc1cccc(CCCCC[C@@H](C)CN(C)C)c1. The topological polar surface area (TPSA) is 12.5 Å². The summed E-state index contributed by atoms with van der Waals surface area (Å²) in [6.07, 6.45) is 6.46. The van der Waals surface area contributed by atoms with Crippen LogP contribution in [-0.4, -0.2) is 32.6 Å². The Balaban J connectivity index is 2.13. The van der Waals surface area contributed by atoms with Crippen molar-refractivity contribution in [3.8, 4) is 5.75 Å². The summed E-state index contributed by atoms with van der Waals surface area (Å²) in [5.74, 6) is 1.78. The Hall–Kier alpha value is -1.02. The molecule has 0 spiro atoms. The summed E-state index contributed by atoms with van der Waals surface area (Å²) < 4.78 is 5.25. The molecule has 0 saturated carbocycles. The maximum Gasteiger partial charge on any atom is 0.119 e. The second-order valence-corrected chi connectivity index (χ2v) is 5.82. The Morgan fingerprint density at radius 2 is 1.95 bits per heavy atom. The third-order valence-electron chi connectivity index (χ3n) is 3.47. The molecule has 0 bridgehead atoms. The van der Waals surface area contributed by atoms with Crippen LogP contribution in [0.1, 0.15) is 38.2 Å². The highest BCUT2D eigenvalue weighted by atomic mass is 16.5. The second-order valence-electron chi connectivity index (χ2n) is 5.82. The first-order valence-electron chi connectivity index (χ1n) is 7.39. The number of methoxy groups -OCH3 is 1. The van der Waals surface area contributed by atoms with E-state index >= 15 is 0 Å². The number of benzene rings is 1. The summed E-state index contributed by atoms with van der Waals surface area (Å²) in [7, 11) is 6.03. The Morgan fingerprint density at radius 1 is 1.16 bits per heavy atom. The minimum Gasteiger partial charge on any atom is -0.497 e. The van der Waals surface area contributed by atoms with Crippen molar-refractivity contribution in [1.82, 2.24) is 4.90 Å². The number of ether oxygens (including phenoxy) is 1. The first-order valence-corrected chi connectivity index (χ1v) is 7.39. The highest BCUT2D eigenvalue weighted by Crippen LogP contribution is 2.16. The number of hydrogen-bond acceptors (Lipinski definition) is 2. The predicted molar refractivity (Wildman–Crippen MR) is 82.9 cm³/mol. The van der Waals surface area contributed by atoms with Crippen molar-refractivity contribution >= 4 is 0 Å². The molecule has 0 amide bonds. The van der Waals surface area contributed by atoms with Gasteiger partial charge in [0.2, 0.25) is 0 Å². The van der Waals surface area contributed by atoms with Gasteiger partial charge in [-0.25, -0.2) is 0 Å². The van der Waals surface area contributed by atoms with E-state index in [2.05, 4.69) is 44.1 Å². The van der Waals surface area contributed by atoms with Gasteiger partial charge < -0.3 is 9.64 Å². The van der Waals surface area contributed by atoms with Crippen LogP contribution in [0.25, 0.3) is 0 Å². The molecule has 2 nitrogen and oxygen atoms in total. The fraction of sp³-hybridized carbons (Fsp3) is 0.647. The van der Waals surface area contributed by atoms with E-state index in [4.69, 9.17) is 4.74 Å². The van der Waals surface area contributed by atoms with E-state index in [0.717, 1.165) is 11.7 Å². The second kappa shape index (κ2) is 8.98. The van der Waals surface area contributed by atoms with Crippen LogP contribution >= 0.6 is 0 Å². The molecule has 0 N–H and O–H groups in total. The fourth-order valence-corrected chi connectivity index (χ4v) is 2.54. The first-order chi connectivity index (χ1) is 9.11. The third kappa shape index (κ3) is 7.22. The van der Waals surface area contributed by atoms with Crippen molar-refractivity contribution in [1.29, 1.82) is 0 Å². The van der Waals surface area contributed by atoms with Gasteiger partial charge in [-0.1, -0.05) is 31.9 Å². The lowest BCUT2D eigenvalue weighted by Crippen LogP contribution is -2.19. The fourth-order valence-electron chi connectivity index (χ4n) is 2.54. The minimum atomic E-state index is 0.812. The summed E-state index contributed by atoms with van der Waals surface area (Å²) >= 11 is 0. The van der Waals surface area contributed by atoms with Crippen molar-refractivity contribution in [2.24, 2.45) is 5.92 Å². The van der Waals surface area contributed by atoms with Gasteiger partial charge in [0, 0.05) is 6.54 Å². The van der Waals surface area contributed by atoms with Gasteiger partial charge in [0.15, 0.2) is 0 Å². The van der Waals surface area contributed by atoms with E-state index in [9.17, 15) is 0 Å². The number of hydrogen-bond donors (Lipinski definition) is 0. The molecule has 0 unspecified atom stereocenters. The third-order valence-corrected chi connectivity index (χ3v) is 3.47. The lowest BCUT2D eigenvalue weighted by atomic mass is 10.0. The zero-order valence-corrected chi connectivity index (χ0v) is 13.0. The summed E-state index contributed by atoms with van der Waals surface area (Å²) in [4.78, 5) is 2.28. The van der Waals surface area contributed by atoms with Crippen molar-refractivity contribution in [2.75, 3.05) is 27.7 Å². The molecule has 0 aromatic heterocycles. The molecular formula is C17H29NO. The molecule has 0 aliphatic rings. The lowest BCUT2D eigenvalue weighted by molar-refractivity contribution is 0.321. The van der Waals surface area contributed by atoms with Gasteiger partial charge in [-0.2, -0.15) is 0 Å². The monoisotopic (exact) mass is 263 g/mol. The van der Waals surface area contributed by atoms with Crippen molar-refractivity contribution in [3.05, 3.63) is 29.8 Å². The zero-order valence-electron chi connectivity index (χ0n) is 13.0. The number of aryl methyl sites for hydroxylation is 1. The zero-order chi connectivity index (χ0) is 14.1. The van der Waals surface area contributed by atoms with Crippen LogP contribution in [0.15, 0.2) is 24.3 Å². The van der Waals surface area contributed by atoms with Gasteiger partial charge in [0.25, 0.3) is 0 Å². The van der Waals surface area contributed by atoms with E-state index in [1.165, 1.54) is 44.2 Å². The molecule has 1 aromatic rings. The van der Waals surface area contributed by atoms with Gasteiger partial charge >= 0.3 is 0 Å². The highest BCUT2D eigenvalue weighted by molar-refractivity contribution is 5.28. The van der Waals surface area contributed by atoms with Crippen LogP contribution in [0.5, 0.6) is 5.75 Å². The molecule has 0 aliphatic heterocycles. The highest BCUT2D eigenvalue weighted by Gasteiger charge is 2.03. The summed E-state index contributed by atoms with van der Waals surface area (Å²) in [5.41, 5.74) is 1.39. The summed E-state index contributed by atoms with van der Waals surface area (Å²) in [5, 5.41) is 0. The smallest absolute Gasteiger partial charge is 0.119 e. The van der Waals surface area contributed by atoms with Gasteiger partial charge in [-0.3, -0.25) is 0 Å². The van der Waals surface area contributed by atoms with Crippen molar-refractivity contribution in [3.63, 3.8) is 0 Å². The van der Waals surface area contributed by atoms with Crippen LogP contribution < -0.4 is 4.74 Å². The van der Waals surface area contributed by atoms with Crippen molar-refractivity contribution < 1.29 is 4.74 Å². The Bertz CT molecular complexity index is 349. The van der Waals surface area contributed by atoms with E-state index < -0.39 is 0 Å². The average molecular weight is 263 g/mol. The standard InChI is InChI=1S/C17H29NO/c1-15(14-18(2)3)9-6-5-7-10-16-11-8-12-17(13-16)19-4/h8,11-13,15H,5-7,9-10,14H2,1-4H3/t15-/m1/s1. The number of nitrogens with zero attached hydrogens (tertiary/aromatic N) is 1. The predicted octanol–water partition coefficient (Wildman–Crippen LogP) is 4.00. The molecule has 0 heterocycles. The molecule has 19 heavy (non-hydrogen) atoms. The molecule has 1 aromatic carbocycles. The van der Waals surface area contributed by atoms with Gasteiger partial charge in [-0.15, -0.1) is 0 Å². The molecule has 2 heteroatoms. The van der Waals surface area contributed by atoms with Crippen LogP contribution in [0.3, 0.4) is 0 Å². The average Bonchev–Trinajstić information content (AvgIpc) is 2.37. The van der Waals surface area contributed by atoms with E-state index in [-0.39, 0.29) is 0 Å². The molecule has 0 saturated heterocycles. The molecule has 1 rings (SSSR count). The molecule has 0 aliphatic carbocycles. The maximum atomic E-state index is 5.25. The number of unbranched alkanes of at least 4 members (excludes halogenated alkanes) is 2. The van der Waals surface area contributed by atoms with Crippen molar-refractivity contribution in [2.45, 2.75) is 39.0 Å². The van der Waals surface area contributed by atoms with Gasteiger partial charge in [0.05, 0.1) is 7.11 Å². The Morgan fingerprint density at radius 3 is 2.63 bits per heavy atom. The van der Waals surface area contributed by atoms with Crippen LogP contribution in [0.2, 0.25) is 0 Å². The molecule has 0 radical (unpaired) electrons.